The van der Waals surface area contributed by atoms with Crippen LogP contribution >= 0.6 is 0 Å². The molecule has 0 radical (unpaired) electrons. The Kier molecular flexibility index (Phi) is 2.26. The standard InChI is InChI=1S/C9H14O4/c10-3-5-1-2-6-7(5)4-13-9(12)8(6)11/h5-8,10-11H,1-4H2/t5-,6+,7-,8+/m1/s1. The Labute approximate surface area is 76.5 Å². The molecule has 13 heavy (non-hydrogen) atoms. The fourth-order valence-electron chi connectivity index (χ4n) is 2.50. The van der Waals surface area contributed by atoms with E-state index in [2.05, 4.69) is 0 Å². The Morgan fingerprint density at radius 2 is 2.15 bits per heavy atom. The first kappa shape index (κ1) is 8.97. The maximum Gasteiger partial charge on any atom is 0.335 e. The Morgan fingerprint density at radius 1 is 1.38 bits per heavy atom. The smallest absolute Gasteiger partial charge is 0.335 e. The van der Waals surface area contributed by atoms with Gasteiger partial charge in [0.2, 0.25) is 0 Å². The molecule has 0 aromatic rings. The van der Waals surface area contributed by atoms with E-state index < -0.39 is 12.1 Å². The fraction of sp³-hybridized carbons (Fsp3) is 0.889. The van der Waals surface area contributed by atoms with Crippen molar-refractivity contribution in [2.45, 2.75) is 18.9 Å². The zero-order valence-electron chi connectivity index (χ0n) is 7.35. The topological polar surface area (TPSA) is 66.8 Å². The predicted octanol–water partition coefficient (Wildman–Crippen LogP) is -0.461. The Morgan fingerprint density at radius 3 is 2.85 bits per heavy atom. The summed E-state index contributed by atoms with van der Waals surface area (Å²) in [5, 5.41) is 18.5. The molecule has 1 aliphatic carbocycles. The van der Waals surface area contributed by atoms with Gasteiger partial charge in [-0.1, -0.05) is 0 Å². The number of fused-ring (bicyclic) bond motifs is 1. The van der Waals surface area contributed by atoms with Gasteiger partial charge in [-0.15, -0.1) is 0 Å². The van der Waals surface area contributed by atoms with Crippen molar-refractivity contribution >= 4 is 5.97 Å². The zero-order chi connectivity index (χ0) is 9.42. The molecule has 4 atom stereocenters. The van der Waals surface area contributed by atoms with Gasteiger partial charge in [-0.3, -0.25) is 0 Å². The molecule has 1 saturated heterocycles. The second-order valence-electron chi connectivity index (χ2n) is 3.92. The number of carbonyl (C=O) groups is 1. The van der Waals surface area contributed by atoms with Crippen LogP contribution in [0.4, 0.5) is 0 Å². The summed E-state index contributed by atoms with van der Waals surface area (Å²) >= 11 is 0. The maximum atomic E-state index is 11.0. The van der Waals surface area contributed by atoms with Crippen LogP contribution < -0.4 is 0 Å². The first-order valence-electron chi connectivity index (χ1n) is 4.69. The zero-order valence-corrected chi connectivity index (χ0v) is 7.35. The van der Waals surface area contributed by atoms with Gasteiger partial charge in [0.1, 0.15) is 0 Å². The molecule has 2 N–H and O–H groups in total. The molecule has 74 valence electrons. The van der Waals surface area contributed by atoms with Gasteiger partial charge in [-0.2, -0.15) is 0 Å². The molecule has 1 aliphatic heterocycles. The van der Waals surface area contributed by atoms with Crippen LogP contribution in [0.2, 0.25) is 0 Å². The Balaban J connectivity index is 2.10. The van der Waals surface area contributed by atoms with Gasteiger partial charge in [0.15, 0.2) is 6.10 Å². The number of hydrogen-bond acceptors (Lipinski definition) is 4. The summed E-state index contributed by atoms with van der Waals surface area (Å²) in [5.41, 5.74) is 0. The van der Waals surface area contributed by atoms with Crippen LogP contribution in [0.15, 0.2) is 0 Å². The van der Waals surface area contributed by atoms with Crippen LogP contribution in [-0.4, -0.2) is 35.5 Å². The number of aliphatic hydroxyl groups is 2. The molecule has 0 amide bonds. The van der Waals surface area contributed by atoms with E-state index in [9.17, 15) is 9.90 Å². The highest BCUT2D eigenvalue weighted by atomic mass is 16.5. The summed E-state index contributed by atoms with van der Waals surface area (Å²) in [4.78, 5) is 11.0. The minimum Gasteiger partial charge on any atom is -0.463 e. The van der Waals surface area contributed by atoms with Gasteiger partial charge in [-0.05, 0) is 18.8 Å². The molecule has 0 unspecified atom stereocenters. The van der Waals surface area contributed by atoms with E-state index in [0.717, 1.165) is 12.8 Å². The molecular weight excluding hydrogens is 172 g/mol. The lowest BCUT2D eigenvalue weighted by atomic mass is 9.85. The number of rotatable bonds is 1. The summed E-state index contributed by atoms with van der Waals surface area (Å²) in [6.45, 7) is 0.497. The molecule has 0 aromatic heterocycles. The van der Waals surface area contributed by atoms with Crippen LogP contribution in [-0.2, 0) is 9.53 Å². The minimum absolute atomic E-state index is 0.0124. The first-order chi connectivity index (χ1) is 6.24. The summed E-state index contributed by atoms with van der Waals surface area (Å²) in [6, 6.07) is 0. The van der Waals surface area contributed by atoms with Gasteiger partial charge in [0.25, 0.3) is 0 Å². The summed E-state index contributed by atoms with van der Waals surface area (Å²) in [5.74, 6) is -0.122. The molecule has 0 spiro atoms. The van der Waals surface area contributed by atoms with E-state index in [-0.39, 0.29) is 24.4 Å². The molecule has 0 bridgehead atoms. The molecule has 4 nitrogen and oxygen atoms in total. The van der Waals surface area contributed by atoms with E-state index in [1.165, 1.54) is 0 Å². The van der Waals surface area contributed by atoms with Crippen LogP contribution in [0.5, 0.6) is 0 Å². The van der Waals surface area contributed by atoms with Crippen molar-refractivity contribution in [3.05, 3.63) is 0 Å². The van der Waals surface area contributed by atoms with E-state index >= 15 is 0 Å². The molecule has 1 saturated carbocycles. The van der Waals surface area contributed by atoms with E-state index in [1.807, 2.05) is 0 Å². The minimum atomic E-state index is -0.963. The van der Waals surface area contributed by atoms with E-state index in [0.29, 0.717) is 6.61 Å². The Bertz CT molecular complexity index is 216. The van der Waals surface area contributed by atoms with Gasteiger partial charge in [0.05, 0.1) is 6.61 Å². The van der Waals surface area contributed by atoms with Crippen molar-refractivity contribution in [1.82, 2.24) is 0 Å². The van der Waals surface area contributed by atoms with Gasteiger partial charge < -0.3 is 14.9 Å². The van der Waals surface area contributed by atoms with Gasteiger partial charge in [0, 0.05) is 18.4 Å². The number of carbonyl (C=O) groups excluding carboxylic acids is 1. The average molecular weight is 186 g/mol. The molecule has 0 aromatic carbocycles. The van der Waals surface area contributed by atoms with E-state index in [1.54, 1.807) is 0 Å². The lowest BCUT2D eigenvalue weighted by Crippen LogP contribution is -2.42. The molecular formula is C9H14O4. The number of cyclic esters (lactones) is 1. The SMILES string of the molecule is O=C1OC[C@@H]2[C@@H](CO)CC[C@@H]2[C@@H]1O. The summed E-state index contributed by atoms with van der Waals surface area (Å²) < 4.78 is 4.84. The highest BCUT2D eigenvalue weighted by molar-refractivity contribution is 5.75. The third-order valence-corrected chi connectivity index (χ3v) is 3.33. The van der Waals surface area contributed by atoms with Crippen LogP contribution in [0, 0.1) is 17.8 Å². The quantitative estimate of drug-likeness (QED) is 0.544. The predicted molar refractivity (Wildman–Crippen MR) is 43.8 cm³/mol. The van der Waals surface area contributed by atoms with E-state index in [4.69, 9.17) is 9.84 Å². The van der Waals surface area contributed by atoms with Crippen molar-refractivity contribution < 1.29 is 19.7 Å². The van der Waals surface area contributed by atoms with Crippen molar-refractivity contribution in [2.24, 2.45) is 17.8 Å². The van der Waals surface area contributed by atoms with Crippen LogP contribution in [0.3, 0.4) is 0 Å². The second-order valence-corrected chi connectivity index (χ2v) is 3.92. The number of esters is 1. The summed E-state index contributed by atoms with van der Waals surface area (Å²) in [6.07, 6.45) is 0.751. The third kappa shape index (κ3) is 1.34. The molecule has 1 heterocycles. The highest BCUT2D eigenvalue weighted by Gasteiger charge is 2.46. The van der Waals surface area contributed by atoms with Gasteiger partial charge in [-0.25, -0.2) is 4.79 Å². The van der Waals surface area contributed by atoms with Crippen LogP contribution in [0.1, 0.15) is 12.8 Å². The van der Waals surface area contributed by atoms with Crippen molar-refractivity contribution in [3.8, 4) is 0 Å². The summed E-state index contributed by atoms with van der Waals surface area (Å²) in [7, 11) is 0. The molecule has 4 heteroatoms. The van der Waals surface area contributed by atoms with Crippen molar-refractivity contribution in [3.63, 3.8) is 0 Å². The Hall–Kier alpha value is -0.610. The lowest BCUT2D eigenvalue weighted by molar-refractivity contribution is -0.169. The third-order valence-electron chi connectivity index (χ3n) is 3.33. The average Bonchev–Trinajstić information content (AvgIpc) is 2.55. The first-order valence-corrected chi connectivity index (χ1v) is 4.69. The van der Waals surface area contributed by atoms with Crippen molar-refractivity contribution in [2.75, 3.05) is 13.2 Å². The van der Waals surface area contributed by atoms with Gasteiger partial charge >= 0.3 is 5.97 Å². The fourth-order valence-corrected chi connectivity index (χ4v) is 2.50. The lowest BCUT2D eigenvalue weighted by Gasteiger charge is -2.31. The highest BCUT2D eigenvalue weighted by Crippen LogP contribution is 2.41. The van der Waals surface area contributed by atoms with Crippen LogP contribution in [0.25, 0.3) is 0 Å². The largest absolute Gasteiger partial charge is 0.463 e. The number of aliphatic hydroxyl groups excluding tert-OH is 2. The van der Waals surface area contributed by atoms with Crippen molar-refractivity contribution in [1.29, 1.82) is 0 Å². The molecule has 2 fully saturated rings. The number of ether oxygens (including phenoxy) is 1. The molecule has 2 rings (SSSR count). The number of hydrogen-bond donors (Lipinski definition) is 2. The maximum absolute atomic E-state index is 11.0. The normalized spacial score (nSPS) is 44.3. The monoisotopic (exact) mass is 186 g/mol. The second kappa shape index (κ2) is 3.27. The molecule has 2 aliphatic rings.